The van der Waals surface area contributed by atoms with Gasteiger partial charge in [-0.2, -0.15) is 5.10 Å². The van der Waals surface area contributed by atoms with E-state index < -0.39 is 5.82 Å². The van der Waals surface area contributed by atoms with E-state index in [0.717, 1.165) is 24.0 Å². The lowest BCUT2D eigenvalue weighted by atomic mass is 9.89. The molecule has 0 saturated carbocycles. The van der Waals surface area contributed by atoms with Crippen molar-refractivity contribution in [3.63, 3.8) is 0 Å². The van der Waals surface area contributed by atoms with Gasteiger partial charge in [-0.3, -0.25) is 9.59 Å². The number of benzene rings is 2. The third-order valence-electron chi connectivity index (χ3n) is 7.17. The molecule has 4 aromatic rings. The highest BCUT2D eigenvalue weighted by atomic mass is 19.1. The normalized spacial score (nSPS) is 14.5. The van der Waals surface area contributed by atoms with E-state index in [-0.39, 0.29) is 46.9 Å². The Balaban J connectivity index is 1.16. The Morgan fingerprint density at radius 2 is 1.82 bits per heavy atom. The van der Waals surface area contributed by atoms with Crippen molar-refractivity contribution in [1.29, 1.82) is 0 Å². The summed E-state index contributed by atoms with van der Waals surface area (Å²) in [4.78, 5) is 27.6. The Hall–Kier alpha value is -4.64. The van der Waals surface area contributed by atoms with Gasteiger partial charge < -0.3 is 15.3 Å². The van der Waals surface area contributed by atoms with Crippen molar-refractivity contribution in [2.75, 3.05) is 18.4 Å². The van der Waals surface area contributed by atoms with Crippen LogP contribution in [0.1, 0.15) is 59.5 Å². The van der Waals surface area contributed by atoms with Gasteiger partial charge in [-0.25, -0.2) is 8.91 Å². The second-order valence-electron chi connectivity index (χ2n) is 9.69. The molecule has 8 heteroatoms. The highest BCUT2D eigenvalue weighted by Crippen LogP contribution is 2.30. The maximum Gasteiger partial charge on any atom is 0.257 e. The van der Waals surface area contributed by atoms with Crippen molar-refractivity contribution >= 4 is 23.0 Å². The lowest BCUT2D eigenvalue weighted by molar-refractivity contribution is -0.116. The number of phenolic OH excluding ortho intramolecular Hbond substituents is 1. The number of carbonyl (C=O) groups excluding carboxylic acids is 2. The molecule has 7 nitrogen and oxygen atoms in total. The predicted octanol–water partition coefficient (Wildman–Crippen LogP) is 5.33. The van der Waals surface area contributed by atoms with Gasteiger partial charge in [0.25, 0.3) is 5.91 Å². The number of nitrogens with one attached hydrogen (secondary N) is 1. The number of carbonyl (C=O) groups is 2. The summed E-state index contributed by atoms with van der Waals surface area (Å²) >= 11 is 0. The second-order valence-corrected chi connectivity index (χ2v) is 9.69. The molecule has 0 spiro atoms. The van der Waals surface area contributed by atoms with E-state index in [1.54, 1.807) is 48.4 Å². The number of pyridine rings is 1. The number of aromatic hydroxyl groups is 1. The summed E-state index contributed by atoms with van der Waals surface area (Å²) in [7, 11) is 0. The highest BCUT2D eigenvalue weighted by molar-refractivity contribution is 6.00. The first kappa shape index (κ1) is 26.0. The molecule has 1 saturated heterocycles. The van der Waals surface area contributed by atoms with Crippen molar-refractivity contribution in [3.8, 4) is 17.6 Å². The van der Waals surface area contributed by atoms with Gasteiger partial charge in [0, 0.05) is 31.4 Å². The molecule has 0 radical (unpaired) electrons. The van der Waals surface area contributed by atoms with Crippen molar-refractivity contribution < 1.29 is 19.1 Å². The van der Waals surface area contributed by atoms with Crippen LogP contribution in [0.2, 0.25) is 0 Å². The third kappa shape index (κ3) is 5.78. The standard InChI is InChI=1S/C31H29FN4O3/c1-2-4-24(22-8-12-26(37)13-9-22)19-29(38)34-25-10-6-21(7-11-25)23-14-17-35(18-15-23)31(39)27-20-33-36-16-3-5-28(32)30(27)36/h3,5-13,16,20,23-24,37H,14-15,17-19H2,1H3,(H,34,38)/t24-/m0/s1. The van der Waals surface area contributed by atoms with Crippen LogP contribution in [0, 0.1) is 17.7 Å². The van der Waals surface area contributed by atoms with Crippen LogP contribution in [0.15, 0.2) is 73.1 Å². The average molecular weight is 525 g/mol. The molecule has 1 aliphatic heterocycles. The minimum absolute atomic E-state index is 0.139. The van der Waals surface area contributed by atoms with Crippen molar-refractivity contribution in [1.82, 2.24) is 14.5 Å². The van der Waals surface area contributed by atoms with E-state index in [4.69, 9.17) is 0 Å². The molecule has 5 rings (SSSR count). The first-order valence-electron chi connectivity index (χ1n) is 12.9. The molecule has 2 aromatic heterocycles. The summed E-state index contributed by atoms with van der Waals surface area (Å²) in [5, 5.41) is 16.6. The molecule has 0 unspecified atom stereocenters. The quantitative estimate of drug-likeness (QED) is 0.334. The SMILES string of the molecule is CC#C[C@@H](CC(=O)Nc1ccc(C2CCN(C(=O)c3cnn4cccc(F)c34)CC2)cc1)c1ccc(O)cc1. The van der Waals surface area contributed by atoms with Crippen LogP contribution in [0.25, 0.3) is 5.52 Å². The molecular weight excluding hydrogens is 495 g/mol. The van der Waals surface area contributed by atoms with E-state index >= 15 is 0 Å². The average Bonchev–Trinajstić information content (AvgIpc) is 3.39. The third-order valence-corrected chi connectivity index (χ3v) is 7.17. The van der Waals surface area contributed by atoms with Crippen LogP contribution >= 0.6 is 0 Å². The number of anilines is 1. The first-order chi connectivity index (χ1) is 18.9. The molecule has 39 heavy (non-hydrogen) atoms. The van der Waals surface area contributed by atoms with Gasteiger partial charge in [-0.1, -0.05) is 30.2 Å². The smallest absolute Gasteiger partial charge is 0.257 e. The number of nitrogens with zero attached hydrogens (tertiary/aromatic N) is 3. The Bertz CT molecular complexity index is 1540. The summed E-state index contributed by atoms with van der Waals surface area (Å²) in [6.45, 7) is 2.89. The molecular formula is C31H29FN4O3. The topological polar surface area (TPSA) is 86.9 Å². The highest BCUT2D eigenvalue weighted by Gasteiger charge is 2.27. The second kappa shape index (κ2) is 11.4. The van der Waals surface area contributed by atoms with Gasteiger partial charge in [0.1, 0.15) is 17.1 Å². The Labute approximate surface area is 226 Å². The van der Waals surface area contributed by atoms with Gasteiger partial charge in [-0.15, -0.1) is 5.92 Å². The monoisotopic (exact) mass is 524 g/mol. The van der Waals surface area contributed by atoms with Crippen LogP contribution in [-0.4, -0.2) is 44.5 Å². The van der Waals surface area contributed by atoms with Gasteiger partial charge in [0.05, 0.1) is 17.7 Å². The zero-order valence-corrected chi connectivity index (χ0v) is 21.6. The van der Waals surface area contributed by atoms with Crippen molar-refractivity contribution in [2.24, 2.45) is 0 Å². The molecule has 2 amide bonds. The number of halogens is 1. The fourth-order valence-corrected chi connectivity index (χ4v) is 5.11. The number of hydrogen-bond donors (Lipinski definition) is 2. The number of piperidine rings is 1. The maximum atomic E-state index is 14.3. The van der Waals surface area contributed by atoms with Gasteiger partial charge in [-0.05, 0) is 73.2 Å². The zero-order valence-electron chi connectivity index (χ0n) is 21.6. The van der Waals surface area contributed by atoms with E-state index in [2.05, 4.69) is 22.3 Å². The molecule has 2 N–H and O–H groups in total. The number of fused-ring (bicyclic) bond motifs is 1. The van der Waals surface area contributed by atoms with Gasteiger partial charge in [0.15, 0.2) is 0 Å². The van der Waals surface area contributed by atoms with E-state index in [9.17, 15) is 19.1 Å². The number of amides is 2. The minimum atomic E-state index is -0.463. The Morgan fingerprint density at radius 1 is 1.10 bits per heavy atom. The fraction of sp³-hybridized carbons (Fsp3) is 0.258. The Morgan fingerprint density at radius 3 is 2.51 bits per heavy atom. The zero-order chi connectivity index (χ0) is 27.4. The van der Waals surface area contributed by atoms with E-state index in [1.807, 2.05) is 24.3 Å². The minimum Gasteiger partial charge on any atom is -0.508 e. The van der Waals surface area contributed by atoms with Crippen molar-refractivity contribution in [2.45, 2.75) is 38.0 Å². The summed E-state index contributed by atoms with van der Waals surface area (Å²) in [6.07, 6.45) is 4.85. The summed E-state index contributed by atoms with van der Waals surface area (Å²) in [6, 6.07) is 17.5. The van der Waals surface area contributed by atoms with Gasteiger partial charge in [0.2, 0.25) is 5.91 Å². The molecule has 1 atom stereocenters. The largest absolute Gasteiger partial charge is 0.508 e. The summed E-state index contributed by atoms with van der Waals surface area (Å²) in [5.74, 6) is 5.35. The molecule has 1 fully saturated rings. The summed E-state index contributed by atoms with van der Waals surface area (Å²) < 4.78 is 15.7. The number of hydrogen-bond acceptors (Lipinski definition) is 4. The number of rotatable bonds is 6. The van der Waals surface area contributed by atoms with E-state index in [0.29, 0.717) is 18.8 Å². The predicted molar refractivity (Wildman–Crippen MR) is 147 cm³/mol. The molecule has 198 valence electrons. The van der Waals surface area contributed by atoms with Crippen LogP contribution in [0.3, 0.4) is 0 Å². The molecule has 3 heterocycles. The first-order valence-corrected chi connectivity index (χ1v) is 12.9. The van der Waals surface area contributed by atoms with Crippen molar-refractivity contribution in [3.05, 3.63) is 95.6 Å². The lowest BCUT2D eigenvalue weighted by Gasteiger charge is -2.32. The number of aromatic nitrogens is 2. The molecule has 0 aliphatic carbocycles. The fourth-order valence-electron chi connectivity index (χ4n) is 5.11. The van der Waals surface area contributed by atoms with Crippen LogP contribution in [0.4, 0.5) is 10.1 Å². The van der Waals surface area contributed by atoms with Crippen LogP contribution in [0.5, 0.6) is 5.75 Å². The Kier molecular flexibility index (Phi) is 7.60. The molecule has 2 aromatic carbocycles. The number of likely N-dealkylation sites (tertiary alicyclic amines) is 1. The lowest BCUT2D eigenvalue weighted by Crippen LogP contribution is -2.37. The maximum absolute atomic E-state index is 14.3. The van der Waals surface area contributed by atoms with Crippen LogP contribution < -0.4 is 5.32 Å². The van der Waals surface area contributed by atoms with Crippen LogP contribution in [-0.2, 0) is 4.79 Å². The molecule has 0 bridgehead atoms. The van der Waals surface area contributed by atoms with E-state index in [1.165, 1.54) is 16.8 Å². The molecule has 1 aliphatic rings. The van der Waals surface area contributed by atoms with Gasteiger partial charge >= 0.3 is 0 Å². The summed E-state index contributed by atoms with van der Waals surface area (Å²) in [5.41, 5.74) is 3.23. The number of phenols is 1.